The molecule has 0 bridgehead atoms. The van der Waals surface area contributed by atoms with Crippen LogP contribution in [0.25, 0.3) is 0 Å². The van der Waals surface area contributed by atoms with Crippen molar-refractivity contribution in [1.82, 2.24) is 4.31 Å². The molecule has 1 N–H and O–H groups in total. The van der Waals surface area contributed by atoms with E-state index in [0.29, 0.717) is 14.9 Å². The van der Waals surface area contributed by atoms with Crippen LogP contribution in [0.1, 0.15) is 23.5 Å². The highest BCUT2D eigenvalue weighted by molar-refractivity contribution is 7.89. The van der Waals surface area contributed by atoms with Crippen molar-refractivity contribution in [1.29, 1.82) is 0 Å². The maximum atomic E-state index is 12.4. The molecule has 8 heteroatoms. The Kier molecular flexibility index (Phi) is 5.46. The Balaban J connectivity index is 2.15. The fraction of sp³-hybridized carbons (Fsp3) is 0.267. The number of benzene rings is 1. The Morgan fingerprint density at radius 2 is 1.78 bits per heavy atom. The standard InChI is InChI=1S/C15H17ClN2O3S2/c1-10(2)18(3)23(20,21)12-6-4-11(5-7-12)17-15(19)13-8-9-14(16)22-13/h4-10H,1-3H3,(H,17,19). The van der Waals surface area contributed by atoms with Gasteiger partial charge in [-0.15, -0.1) is 11.3 Å². The number of halogens is 1. The van der Waals surface area contributed by atoms with Crippen LogP contribution in [0.2, 0.25) is 4.34 Å². The molecule has 23 heavy (non-hydrogen) atoms. The topological polar surface area (TPSA) is 66.5 Å². The van der Waals surface area contributed by atoms with E-state index in [1.807, 2.05) is 0 Å². The number of carbonyl (C=O) groups is 1. The van der Waals surface area contributed by atoms with Gasteiger partial charge < -0.3 is 5.32 Å². The maximum absolute atomic E-state index is 12.4. The fourth-order valence-corrected chi connectivity index (χ4v) is 4.09. The summed E-state index contributed by atoms with van der Waals surface area (Å²) in [7, 11) is -1.99. The first kappa shape index (κ1) is 17.9. The molecule has 1 aromatic heterocycles. The van der Waals surface area contributed by atoms with Crippen LogP contribution in [0, 0.1) is 0 Å². The summed E-state index contributed by atoms with van der Waals surface area (Å²) in [5, 5.41) is 2.71. The van der Waals surface area contributed by atoms with Crippen molar-refractivity contribution in [3.63, 3.8) is 0 Å². The summed E-state index contributed by atoms with van der Waals surface area (Å²) in [5.74, 6) is -0.281. The number of carbonyl (C=O) groups excluding carboxylic acids is 1. The van der Waals surface area contributed by atoms with Gasteiger partial charge in [0.2, 0.25) is 10.0 Å². The molecular formula is C15H17ClN2O3S2. The molecule has 0 unspecified atom stereocenters. The summed E-state index contributed by atoms with van der Waals surface area (Å²) in [5.41, 5.74) is 0.519. The van der Waals surface area contributed by atoms with Gasteiger partial charge >= 0.3 is 0 Å². The highest BCUT2D eigenvalue weighted by Crippen LogP contribution is 2.23. The zero-order valence-electron chi connectivity index (χ0n) is 12.9. The Morgan fingerprint density at radius 1 is 1.17 bits per heavy atom. The van der Waals surface area contributed by atoms with Crippen LogP contribution in [-0.2, 0) is 10.0 Å². The van der Waals surface area contributed by atoms with Crippen LogP contribution in [-0.4, -0.2) is 31.7 Å². The summed E-state index contributed by atoms with van der Waals surface area (Å²) in [4.78, 5) is 12.7. The number of rotatable bonds is 5. The molecule has 0 aliphatic rings. The van der Waals surface area contributed by atoms with Crippen LogP contribution in [0.4, 0.5) is 5.69 Å². The number of nitrogens with one attached hydrogen (secondary N) is 1. The molecule has 1 aromatic carbocycles. The molecule has 5 nitrogen and oxygen atoms in total. The molecule has 2 aromatic rings. The number of nitrogens with zero attached hydrogens (tertiary/aromatic N) is 1. The third-order valence-electron chi connectivity index (χ3n) is 3.31. The van der Waals surface area contributed by atoms with Crippen molar-refractivity contribution in [2.45, 2.75) is 24.8 Å². The van der Waals surface area contributed by atoms with Gasteiger partial charge in [0.15, 0.2) is 0 Å². The molecule has 1 heterocycles. The lowest BCUT2D eigenvalue weighted by Crippen LogP contribution is -2.33. The highest BCUT2D eigenvalue weighted by atomic mass is 35.5. The van der Waals surface area contributed by atoms with E-state index < -0.39 is 10.0 Å². The summed E-state index contributed by atoms with van der Waals surface area (Å²) in [6.45, 7) is 3.61. The van der Waals surface area contributed by atoms with Gasteiger partial charge in [-0.2, -0.15) is 4.31 Å². The zero-order chi connectivity index (χ0) is 17.2. The van der Waals surface area contributed by atoms with Gasteiger partial charge in [-0.1, -0.05) is 11.6 Å². The van der Waals surface area contributed by atoms with Gasteiger partial charge in [0.05, 0.1) is 14.1 Å². The second-order valence-electron chi connectivity index (χ2n) is 5.20. The molecule has 0 atom stereocenters. The van der Waals surface area contributed by atoms with Crippen LogP contribution >= 0.6 is 22.9 Å². The quantitative estimate of drug-likeness (QED) is 0.870. The summed E-state index contributed by atoms with van der Waals surface area (Å²) >= 11 is 6.98. The van der Waals surface area contributed by atoms with Gasteiger partial charge in [0, 0.05) is 18.8 Å². The zero-order valence-corrected chi connectivity index (χ0v) is 15.3. The summed E-state index contributed by atoms with van der Waals surface area (Å²) in [6.07, 6.45) is 0. The number of amides is 1. The van der Waals surface area contributed by atoms with E-state index >= 15 is 0 Å². The maximum Gasteiger partial charge on any atom is 0.265 e. The molecule has 0 spiro atoms. The van der Waals surface area contributed by atoms with Crippen molar-refractivity contribution < 1.29 is 13.2 Å². The van der Waals surface area contributed by atoms with Crippen molar-refractivity contribution in [3.05, 3.63) is 45.6 Å². The SMILES string of the molecule is CC(C)N(C)S(=O)(=O)c1ccc(NC(=O)c2ccc(Cl)s2)cc1. The molecule has 0 aliphatic heterocycles. The molecule has 0 fully saturated rings. The number of thiophene rings is 1. The first-order chi connectivity index (χ1) is 10.7. The van der Waals surface area contributed by atoms with E-state index in [2.05, 4.69) is 5.32 Å². The Morgan fingerprint density at radius 3 is 2.26 bits per heavy atom. The van der Waals surface area contributed by atoms with Gasteiger partial charge in [-0.05, 0) is 50.2 Å². The normalized spacial score (nSPS) is 11.9. The number of anilines is 1. The van der Waals surface area contributed by atoms with Crippen molar-refractivity contribution >= 4 is 44.6 Å². The summed E-state index contributed by atoms with van der Waals surface area (Å²) < 4.78 is 26.5. The minimum absolute atomic E-state index is 0.136. The first-order valence-electron chi connectivity index (χ1n) is 6.86. The fourth-order valence-electron chi connectivity index (χ4n) is 1.78. The third kappa shape index (κ3) is 4.11. The first-order valence-corrected chi connectivity index (χ1v) is 9.50. The van der Waals surface area contributed by atoms with Gasteiger partial charge in [-0.3, -0.25) is 4.79 Å². The van der Waals surface area contributed by atoms with Crippen LogP contribution in [0.3, 0.4) is 0 Å². The monoisotopic (exact) mass is 372 g/mol. The minimum Gasteiger partial charge on any atom is -0.321 e. The Bertz CT molecular complexity index is 798. The predicted molar refractivity (Wildman–Crippen MR) is 93.8 cm³/mol. The van der Waals surface area contributed by atoms with Gasteiger partial charge in [0.1, 0.15) is 0 Å². The molecule has 0 radical (unpaired) electrons. The largest absolute Gasteiger partial charge is 0.321 e. The van der Waals surface area contributed by atoms with Crippen molar-refractivity contribution in [2.75, 3.05) is 12.4 Å². The van der Waals surface area contributed by atoms with E-state index in [9.17, 15) is 13.2 Å². The average Bonchev–Trinajstić information content (AvgIpc) is 2.93. The van der Waals surface area contributed by atoms with Crippen molar-refractivity contribution in [2.24, 2.45) is 0 Å². The number of hydrogen-bond acceptors (Lipinski definition) is 4. The molecule has 124 valence electrons. The van der Waals surface area contributed by atoms with Crippen molar-refractivity contribution in [3.8, 4) is 0 Å². The van der Waals surface area contributed by atoms with Gasteiger partial charge in [-0.25, -0.2) is 8.42 Å². The van der Waals surface area contributed by atoms with E-state index in [-0.39, 0.29) is 16.8 Å². The minimum atomic E-state index is -3.53. The van der Waals surface area contributed by atoms with E-state index in [0.717, 1.165) is 0 Å². The van der Waals surface area contributed by atoms with Crippen LogP contribution in [0.15, 0.2) is 41.3 Å². The third-order valence-corrected chi connectivity index (χ3v) is 6.59. The Labute approximate surface area is 144 Å². The molecule has 0 aliphatic carbocycles. The van der Waals surface area contributed by atoms with E-state index in [1.165, 1.54) is 34.8 Å². The Hall–Kier alpha value is -1.41. The lowest BCUT2D eigenvalue weighted by molar-refractivity contribution is 0.103. The average molecular weight is 373 g/mol. The van der Waals surface area contributed by atoms with E-state index in [1.54, 1.807) is 38.1 Å². The highest BCUT2D eigenvalue weighted by Gasteiger charge is 2.22. The smallest absolute Gasteiger partial charge is 0.265 e. The van der Waals surface area contributed by atoms with Gasteiger partial charge in [0.25, 0.3) is 5.91 Å². The van der Waals surface area contributed by atoms with E-state index in [4.69, 9.17) is 11.6 Å². The summed E-state index contributed by atoms with van der Waals surface area (Å²) in [6, 6.07) is 9.23. The second-order valence-corrected chi connectivity index (χ2v) is 8.91. The second kappa shape index (κ2) is 7.00. The molecule has 0 saturated heterocycles. The lowest BCUT2D eigenvalue weighted by Gasteiger charge is -2.21. The number of hydrogen-bond donors (Lipinski definition) is 1. The molecule has 2 rings (SSSR count). The van der Waals surface area contributed by atoms with Crippen LogP contribution in [0.5, 0.6) is 0 Å². The molecular weight excluding hydrogens is 356 g/mol. The number of sulfonamides is 1. The van der Waals surface area contributed by atoms with Crippen LogP contribution < -0.4 is 5.32 Å². The lowest BCUT2D eigenvalue weighted by atomic mass is 10.3. The molecule has 1 amide bonds. The molecule has 0 saturated carbocycles. The predicted octanol–water partition coefficient (Wildman–Crippen LogP) is 3.68.